The Morgan fingerprint density at radius 1 is 1.04 bits per heavy atom. The summed E-state index contributed by atoms with van der Waals surface area (Å²) in [7, 11) is 0. The third-order valence-electron chi connectivity index (χ3n) is 3.38. The van der Waals surface area contributed by atoms with Gasteiger partial charge < -0.3 is 5.32 Å². The van der Waals surface area contributed by atoms with Gasteiger partial charge in [-0.15, -0.1) is 10.2 Å². The third kappa shape index (κ3) is 5.22. The molecule has 1 heterocycles. The van der Waals surface area contributed by atoms with Crippen molar-refractivity contribution in [3.05, 3.63) is 77.4 Å². The zero-order valence-corrected chi connectivity index (χ0v) is 15.1. The zero-order chi connectivity index (χ0) is 16.6. The van der Waals surface area contributed by atoms with Crippen molar-refractivity contribution in [1.29, 1.82) is 0 Å². The molecule has 0 radical (unpaired) electrons. The van der Waals surface area contributed by atoms with E-state index in [1.165, 1.54) is 16.7 Å². The number of nitrogens with one attached hydrogen (secondary N) is 1. The summed E-state index contributed by atoms with van der Waals surface area (Å²) in [6.45, 7) is 2.87. The molecule has 0 saturated heterocycles. The Morgan fingerprint density at radius 3 is 2.62 bits per heavy atom. The molecule has 1 N–H and O–H groups in total. The Morgan fingerprint density at radius 2 is 1.83 bits per heavy atom. The summed E-state index contributed by atoms with van der Waals surface area (Å²) in [6, 6.07) is 18.8. The molecule has 0 amide bonds. The van der Waals surface area contributed by atoms with Crippen molar-refractivity contribution in [3.8, 4) is 0 Å². The highest BCUT2D eigenvalue weighted by Gasteiger charge is 2.03. The smallest absolute Gasteiger partial charge is 0.206 e. The Hall–Kier alpha value is -2.11. The van der Waals surface area contributed by atoms with Crippen LogP contribution in [0.25, 0.3) is 6.08 Å². The lowest BCUT2D eigenvalue weighted by Crippen LogP contribution is -1.98. The highest BCUT2D eigenvalue weighted by atomic mass is 32.2. The molecule has 0 spiro atoms. The molecule has 0 saturated carbocycles. The van der Waals surface area contributed by atoms with Crippen molar-refractivity contribution in [2.24, 2.45) is 0 Å². The van der Waals surface area contributed by atoms with Gasteiger partial charge in [-0.3, -0.25) is 0 Å². The molecule has 0 aliphatic rings. The van der Waals surface area contributed by atoms with Crippen LogP contribution in [0.4, 0.5) is 5.13 Å². The largest absolute Gasteiger partial charge is 0.356 e. The second kappa shape index (κ2) is 8.66. The van der Waals surface area contributed by atoms with Gasteiger partial charge in [0.2, 0.25) is 5.13 Å². The quantitative estimate of drug-likeness (QED) is 0.588. The Bertz CT molecular complexity index is 780. The van der Waals surface area contributed by atoms with Gasteiger partial charge in [-0.05, 0) is 18.1 Å². The molecule has 3 rings (SSSR count). The summed E-state index contributed by atoms with van der Waals surface area (Å²) >= 11 is 3.30. The molecule has 0 bridgehead atoms. The molecule has 2 aromatic carbocycles. The van der Waals surface area contributed by atoms with E-state index in [9.17, 15) is 0 Å². The van der Waals surface area contributed by atoms with E-state index in [1.807, 2.05) is 18.2 Å². The molecule has 0 fully saturated rings. The summed E-state index contributed by atoms with van der Waals surface area (Å²) in [6.07, 6.45) is 4.28. The van der Waals surface area contributed by atoms with E-state index in [0.717, 1.165) is 21.8 Å². The van der Waals surface area contributed by atoms with Gasteiger partial charge in [0.25, 0.3) is 0 Å². The van der Waals surface area contributed by atoms with E-state index >= 15 is 0 Å². The van der Waals surface area contributed by atoms with Crippen LogP contribution in [0.2, 0.25) is 0 Å². The molecule has 0 aliphatic heterocycles. The predicted molar refractivity (Wildman–Crippen MR) is 105 cm³/mol. The van der Waals surface area contributed by atoms with Crippen LogP contribution >= 0.6 is 23.1 Å². The summed E-state index contributed by atoms with van der Waals surface area (Å²) in [5.41, 5.74) is 3.74. The summed E-state index contributed by atoms with van der Waals surface area (Å²) in [5.74, 6) is 0.890. The van der Waals surface area contributed by atoms with Crippen LogP contribution in [0.15, 0.2) is 65.0 Å². The van der Waals surface area contributed by atoms with Crippen molar-refractivity contribution in [2.45, 2.75) is 17.8 Å². The van der Waals surface area contributed by atoms with Gasteiger partial charge in [-0.2, -0.15) is 0 Å². The molecular formula is C19H19N3S2. The van der Waals surface area contributed by atoms with E-state index < -0.39 is 0 Å². The molecule has 1 aromatic heterocycles. The molecule has 24 heavy (non-hydrogen) atoms. The number of thioether (sulfide) groups is 1. The van der Waals surface area contributed by atoms with Crippen LogP contribution < -0.4 is 5.32 Å². The van der Waals surface area contributed by atoms with E-state index in [1.54, 1.807) is 23.1 Å². The SMILES string of the molecule is Cc1ccc(CNc2nnc(SC/C=C/c3ccccc3)s2)cc1. The molecular weight excluding hydrogens is 334 g/mol. The summed E-state index contributed by atoms with van der Waals surface area (Å²) < 4.78 is 0.985. The first kappa shape index (κ1) is 16.7. The fraction of sp³-hybridized carbons (Fsp3) is 0.158. The third-order valence-corrected chi connectivity index (χ3v) is 5.35. The van der Waals surface area contributed by atoms with Crippen molar-refractivity contribution in [1.82, 2.24) is 10.2 Å². The van der Waals surface area contributed by atoms with Crippen LogP contribution in [0.5, 0.6) is 0 Å². The first-order valence-corrected chi connectivity index (χ1v) is 9.57. The van der Waals surface area contributed by atoms with Gasteiger partial charge in [-0.25, -0.2) is 0 Å². The van der Waals surface area contributed by atoms with Crippen LogP contribution in [-0.2, 0) is 6.54 Å². The highest BCUT2D eigenvalue weighted by Crippen LogP contribution is 2.26. The molecule has 3 nitrogen and oxygen atoms in total. The van der Waals surface area contributed by atoms with E-state index in [4.69, 9.17) is 0 Å². The fourth-order valence-electron chi connectivity index (χ4n) is 2.09. The van der Waals surface area contributed by atoms with Crippen molar-refractivity contribution in [3.63, 3.8) is 0 Å². The van der Waals surface area contributed by atoms with Crippen molar-refractivity contribution < 1.29 is 0 Å². The summed E-state index contributed by atoms with van der Waals surface area (Å²) in [4.78, 5) is 0. The van der Waals surface area contributed by atoms with Gasteiger partial charge in [0, 0.05) is 12.3 Å². The average Bonchev–Trinajstić information content (AvgIpc) is 3.07. The second-order valence-corrected chi connectivity index (χ2v) is 7.58. The van der Waals surface area contributed by atoms with Crippen LogP contribution in [0.1, 0.15) is 16.7 Å². The molecule has 0 unspecified atom stereocenters. The van der Waals surface area contributed by atoms with E-state index in [2.05, 4.69) is 71.0 Å². The molecule has 0 aliphatic carbocycles. The lowest BCUT2D eigenvalue weighted by molar-refractivity contribution is 0.996. The minimum atomic E-state index is 0.771. The van der Waals surface area contributed by atoms with Gasteiger partial charge in [-0.1, -0.05) is 95.4 Å². The molecule has 0 atom stereocenters. The number of anilines is 1. The lowest BCUT2D eigenvalue weighted by atomic mass is 10.1. The minimum absolute atomic E-state index is 0.771. The zero-order valence-electron chi connectivity index (χ0n) is 13.5. The summed E-state index contributed by atoms with van der Waals surface area (Å²) in [5, 5.41) is 12.6. The lowest BCUT2D eigenvalue weighted by Gasteiger charge is -2.02. The van der Waals surface area contributed by atoms with Crippen LogP contribution in [0, 0.1) is 6.92 Å². The fourth-order valence-corrected chi connectivity index (χ4v) is 3.67. The van der Waals surface area contributed by atoms with Gasteiger partial charge in [0.1, 0.15) is 0 Å². The minimum Gasteiger partial charge on any atom is -0.356 e. The standard InChI is InChI=1S/C19H19N3S2/c1-15-9-11-17(12-10-15)14-20-18-21-22-19(24-18)23-13-5-8-16-6-3-2-4-7-16/h2-12H,13-14H2,1H3,(H,20,21)/b8-5+. The van der Waals surface area contributed by atoms with Crippen molar-refractivity contribution in [2.75, 3.05) is 11.1 Å². The van der Waals surface area contributed by atoms with E-state index in [-0.39, 0.29) is 0 Å². The Balaban J connectivity index is 1.45. The maximum atomic E-state index is 4.22. The number of benzene rings is 2. The van der Waals surface area contributed by atoms with Gasteiger partial charge in [0.05, 0.1) is 0 Å². The van der Waals surface area contributed by atoms with Crippen LogP contribution in [-0.4, -0.2) is 16.0 Å². The van der Waals surface area contributed by atoms with E-state index in [0.29, 0.717) is 0 Å². The first-order valence-electron chi connectivity index (χ1n) is 7.77. The highest BCUT2D eigenvalue weighted by molar-refractivity contribution is 8.01. The maximum Gasteiger partial charge on any atom is 0.206 e. The normalized spacial score (nSPS) is 11.0. The number of aromatic nitrogens is 2. The Labute approximate surface area is 150 Å². The molecule has 5 heteroatoms. The first-order chi connectivity index (χ1) is 11.8. The predicted octanol–water partition coefficient (Wildman–Crippen LogP) is 5.26. The average molecular weight is 354 g/mol. The monoisotopic (exact) mass is 353 g/mol. The number of hydrogen-bond acceptors (Lipinski definition) is 5. The number of aryl methyl sites for hydroxylation is 1. The topological polar surface area (TPSA) is 37.8 Å². The maximum absolute atomic E-state index is 4.22. The number of hydrogen-bond donors (Lipinski definition) is 1. The van der Waals surface area contributed by atoms with Gasteiger partial charge >= 0.3 is 0 Å². The molecule has 122 valence electrons. The van der Waals surface area contributed by atoms with Crippen molar-refractivity contribution >= 4 is 34.3 Å². The molecule has 3 aromatic rings. The number of nitrogens with zero attached hydrogens (tertiary/aromatic N) is 2. The number of rotatable bonds is 7. The van der Waals surface area contributed by atoms with Crippen LogP contribution in [0.3, 0.4) is 0 Å². The second-order valence-electron chi connectivity index (χ2n) is 5.34. The van der Waals surface area contributed by atoms with Gasteiger partial charge in [0.15, 0.2) is 4.34 Å². The Kier molecular flexibility index (Phi) is 6.04.